The van der Waals surface area contributed by atoms with Crippen molar-refractivity contribution in [2.75, 3.05) is 63.6 Å². The van der Waals surface area contributed by atoms with Crippen molar-refractivity contribution in [2.24, 2.45) is 0 Å². The Kier molecular flexibility index (Phi) is 6.01. The average Bonchev–Trinajstić information content (AvgIpc) is 2.68. The van der Waals surface area contributed by atoms with E-state index in [1.807, 2.05) is 37.2 Å². The van der Waals surface area contributed by atoms with Crippen LogP contribution in [0.5, 0.6) is 0 Å². The highest BCUT2D eigenvalue weighted by Crippen LogP contribution is 2.16. The summed E-state index contributed by atoms with van der Waals surface area (Å²) in [5, 5.41) is 3.15. The fourth-order valence-electron chi connectivity index (χ4n) is 2.91. The van der Waals surface area contributed by atoms with Crippen LogP contribution in [0.15, 0.2) is 42.7 Å². The highest BCUT2D eigenvalue weighted by Gasteiger charge is 2.22. The zero-order valence-corrected chi connectivity index (χ0v) is 15.4. The highest BCUT2D eigenvalue weighted by molar-refractivity contribution is 5.93. The molecule has 3 rings (SSSR count). The van der Waals surface area contributed by atoms with E-state index in [1.165, 1.54) is 5.69 Å². The van der Waals surface area contributed by atoms with Crippen LogP contribution in [0, 0.1) is 0 Å². The number of piperazine rings is 1. The molecule has 1 aromatic heterocycles. The minimum absolute atomic E-state index is 0.00227. The number of nitrogens with zero attached hydrogens (tertiary/aromatic N) is 5. The molecule has 0 saturated carbocycles. The molecule has 138 valence electrons. The second kappa shape index (κ2) is 8.62. The fraction of sp³-hybridized carbons (Fsp3) is 0.421. The molecule has 0 atom stereocenters. The lowest BCUT2D eigenvalue weighted by Gasteiger charge is -2.36. The molecule has 1 aromatic carbocycles. The summed E-state index contributed by atoms with van der Waals surface area (Å²) in [4.78, 5) is 27.4. The number of carbonyl (C=O) groups excluding carboxylic acids is 1. The summed E-state index contributed by atoms with van der Waals surface area (Å²) >= 11 is 0. The van der Waals surface area contributed by atoms with E-state index in [9.17, 15) is 4.79 Å². The Morgan fingerprint density at radius 3 is 2.35 bits per heavy atom. The van der Waals surface area contributed by atoms with Crippen molar-refractivity contribution >= 4 is 17.5 Å². The molecule has 26 heavy (non-hydrogen) atoms. The van der Waals surface area contributed by atoms with Gasteiger partial charge in [-0.25, -0.2) is 9.97 Å². The van der Waals surface area contributed by atoms with Crippen LogP contribution in [0.1, 0.15) is 10.4 Å². The van der Waals surface area contributed by atoms with Gasteiger partial charge in [0.2, 0.25) is 5.95 Å². The van der Waals surface area contributed by atoms with Crippen LogP contribution in [0.3, 0.4) is 0 Å². The van der Waals surface area contributed by atoms with Crippen LogP contribution in [0.4, 0.5) is 11.6 Å². The number of carbonyl (C=O) groups is 1. The monoisotopic (exact) mass is 354 g/mol. The Labute approximate surface area is 154 Å². The fourth-order valence-corrected chi connectivity index (χ4v) is 2.91. The average molecular weight is 354 g/mol. The Hall–Kier alpha value is -2.67. The molecule has 0 unspecified atom stereocenters. The molecule has 1 N–H and O–H groups in total. The van der Waals surface area contributed by atoms with Gasteiger partial charge in [-0.1, -0.05) is 18.2 Å². The zero-order chi connectivity index (χ0) is 18.4. The molecular weight excluding hydrogens is 328 g/mol. The number of rotatable bonds is 6. The molecule has 1 aliphatic heterocycles. The lowest BCUT2D eigenvalue weighted by molar-refractivity contribution is 0.0746. The van der Waals surface area contributed by atoms with Gasteiger partial charge in [0.15, 0.2) is 0 Å². The van der Waals surface area contributed by atoms with Gasteiger partial charge in [0.05, 0.1) is 5.56 Å². The van der Waals surface area contributed by atoms with Gasteiger partial charge >= 0.3 is 0 Å². The predicted molar refractivity (Wildman–Crippen MR) is 104 cm³/mol. The van der Waals surface area contributed by atoms with Gasteiger partial charge in [0.1, 0.15) is 0 Å². The summed E-state index contributed by atoms with van der Waals surface area (Å²) in [6.07, 6.45) is 3.22. The third kappa shape index (κ3) is 4.70. The van der Waals surface area contributed by atoms with Gasteiger partial charge in [0, 0.05) is 57.3 Å². The van der Waals surface area contributed by atoms with Crippen molar-refractivity contribution in [3.8, 4) is 0 Å². The van der Waals surface area contributed by atoms with Crippen molar-refractivity contribution in [3.63, 3.8) is 0 Å². The molecule has 1 saturated heterocycles. The molecule has 2 heterocycles. The number of likely N-dealkylation sites (N-methyl/N-ethyl adjacent to an activating group) is 1. The Morgan fingerprint density at radius 1 is 1.08 bits per heavy atom. The Bertz CT molecular complexity index is 696. The maximum absolute atomic E-state index is 12.7. The Balaban J connectivity index is 1.52. The van der Waals surface area contributed by atoms with Crippen molar-refractivity contribution < 1.29 is 4.79 Å². The lowest BCUT2D eigenvalue weighted by Crippen LogP contribution is -2.48. The Morgan fingerprint density at radius 2 is 1.73 bits per heavy atom. The number of hydrogen-bond acceptors (Lipinski definition) is 6. The summed E-state index contributed by atoms with van der Waals surface area (Å²) in [5.74, 6) is 0.551. The number of amides is 1. The molecule has 1 fully saturated rings. The molecule has 0 radical (unpaired) electrons. The first-order valence-electron chi connectivity index (χ1n) is 8.93. The van der Waals surface area contributed by atoms with Gasteiger partial charge in [-0.05, 0) is 26.2 Å². The van der Waals surface area contributed by atoms with Gasteiger partial charge in [0.25, 0.3) is 5.91 Å². The van der Waals surface area contributed by atoms with E-state index in [2.05, 4.69) is 37.2 Å². The van der Waals surface area contributed by atoms with E-state index in [0.29, 0.717) is 24.6 Å². The number of hydrogen-bond donors (Lipinski definition) is 1. The lowest BCUT2D eigenvalue weighted by atomic mass is 10.2. The first-order chi connectivity index (χ1) is 12.6. The van der Waals surface area contributed by atoms with Gasteiger partial charge in [-0.2, -0.15) is 0 Å². The van der Waals surface area contributed by atoms with Gasteiger partial charge < -0.3 is 20.0 Å². The molecular formula is C19H26N6O. The maximum atomic E-state index is 12.7. The first-order valence-corrected chi connectivity index (χ1v) is 8.93. The summed E-state index contributed by atoms with van der Waals surface area (Å²) < 4.78 is 0. The van der Waals surface area contributed by atoms with Crippen LogP contribution >= 0.6 is 0 Å². The van der Waals surface area contributed by atoms with Crippen LogP contribution in [-0.4, -0.2) is 79.0 Å². The number of aromatic nitrogens is 2. The second-order valence-corrected chi connectivity index (χ2v) is 6.64. The molecule has 0 aliphatic carbocycles. The van der Waals surface area contributed by atoms with Gasteiger partial charge in [-0.3, -0.25) is 4.79 Å². The summed E-state index contributed by atoms with van der Waals surface area (Å²) in [7, 11) is 4.03. The van der Waals surface area contributed by atoms with Crippen molar-refractivity contribution in [3.05, 3.63) is 48.3 Å². The van der Waals surface area contributed by atoms with E-state index in [-0.39, 0.29) is 5.91 Å². The smallest absolute Gasteiger partial charge is 0.257 e. The molecule has 1 amide bonds. The van der Waals surface area contributed by atoms with Crippen LogP contribution in [0.2, 0.25) is 0 Å². The standard InChI is InChI=1S/C19H26N6O/c1-23(2)9-8-20-19-21-14-16(15-22-19)18(26)25-12-10-24(11-13-25)17-6-4-3-5-7-17/h3-7,14-15H,8-13H2,1-2H3,(H,20,21,22). The number of benzene rings is 1. The summed E-state index contributed by atoms with van der Waals surface area (Å²) in [6.45, 7) is 4.74. The minimum Gasteiger partial charge on any atom is -0.368 e. The van der Waals surface area contributed by atoms with E-state index in [1.54, 1.807) is 12.4 Å². The van der Waals surface area contributed by atoms with E-state index < -0.39 is 0 Å². The largest absolute Gasteiger partial charge is 0.368 e. The highest BCUT2D eigenvalue weighted by atomic mass is 16.2. The SMILES string of the molecule is CN(C)CCNc1ncc(C(=O)N2CCN(c3ccccc3)CC2)cn1. The third-order valence-electron chi connectivity index (χ3n) is 4.43. The second-order valence-electron chi connectivity index (χ2n) is 6.64. The van der Waals surface area contributed by atoms with Crippen LogP contribution in [0.25, 0.3) is 0 Å². The first kappa shape index (κ1) is 18.1. The van der Waals surface area contributed by atoms with E-state index in [4.69, 9.17) is 0 Å². The quantitative estimate of drug-likeness (QED) is 0.846. The van der Waals surface area contributed by atoms with Crippen LogP contribution < -0.4 is 10.2 Å². The maximum Gasteiger partial charge on any atom is 0.257 e. The van der Waals surface area contributed by atoms with Gasteiger partial charge in [-0.15, -0.1) is 0 Å². The molecule has 0 spiro atoms. The predicted octanol–water partition coefficient (Wildman–Crippen LogP) is 1.41. The molecule has 1 aliphatic rings. The molecule has 0 bridgehead atoms. The minimum atomic E-state index is -0.00227. The molecule has 7 heteroatoms. The molecule has 7 nitrogen and oxygen atoms in total. The topological polar surface area (TPSA) is 64.6 Å². The van der Waals surface area contributed by atoms with E-state index in [0.717, 1.165) is 26.2 Å². The summed E-state index contributed by atoms with van der Waals surface area (Å²) in [5.41, 5.74) is 1.74. The zero-order valence-electron chi connectivity index (χ0n) is 15.4. The molecule has 2 aromatic rings. The normalized spacial score (nSPS) is 14.6. The van der Waals surface area contributed by atoms with Crippen molar-refractivity contribution in [2.45, 2.75) is 0 Å². The number of nitrogens with one attached hydrogen (secondary N) is 1. The third-order valence-corrected chi connectivity index (χ3v) is 4.43. The number of para-hydroxylation sites is 1. The van der Waals surface area contributed by atoms with Crippen molar-refractivity contribution in [1.29, 1.82) is 0 Å². The summed E-state index contributed by atoms with van der Waals surface area (Å²) in [6, 6.07) is 10.3. The van der Waals surface area contributed by atoms with Crippen LogP contribution in [-0.2, 0) is 0 Å². The number of anilines is 2. The van der Waals surface area contributed by atoms with E-state index >= 15 is 0 Å². The van der Waals surface area contributed by atoms with Crippen molar-refractivity contribution in [1.82, 2.24) is 19.8 Å².